The van der Waals surface area contributed by atoms with Gasteiger partial charge in [-0.1, -0.05) is 49.3 Å². The van der Waals surface area contributed by atoms with E-state index in [-0.39, 0.29) is 6.61 Å². The summed E-state index contributed by atoms with van der Waals surface area (Å²) in [7, 11) is 0. The average Bonchev–Trinajstić information content (AvgIpc) is 2.20. The van der Waals surface area contributed by atoms with Crippen LogP contribution in [0.15, 0.2) is 36.0 Å². The lowest BCUT2D eigenvalue weighted by Crippen LogP contribution is -1.84. The summed E-state index contributed by atoms with van der Waals surface area (Å²) in [6.07, 6.45) is 11.7. The van der Waals surface area contributed by atoms with Gasteiger partial charge in [0.2, 0.25) is 0 Å². The van der Waals surface area contributed by atoms with Crippen molar-refractivity contribution in [2.45, 2.75) is 46.0 Å². The van der Waals surface area contributed by atoms with Crippen LogP contribution >= 0.6 is 0 Å². The van der Waals surface area contributed by atoms with Crippen molar-refractivity contribution in [1.82, 2.24) is 0 Å². The predicted octanol–water partition coefficient (Wildman–Crippen LogP) is 4.01. The van der Waals surface area contributed by atoms with Crippen molar-refractivity contribution in [2.24, 2.45) is 0 Å². The molecule has 0 saturated heterocycles. The third-order valence-corrected chi connectivity index (χ3v) is 2.15. The Morgan fingerprint density at radius 1 is 1.40 bits per heavy atom. The molecule has 0 atom stereocenters. The van der Waals surface area contributed by atoms with Gasteiger partial charge in [-0.15, -0.1) is 0 Å². The van der Waals surface area contributed by atoms with Gasteiger partial charge in [-0.3, -0.25) is 0 Å². The third kappa shape index (κ3) is 9.48. The summed E-state index contributed by atoms with van der Waals surface area (Å²) >= 11 is 0. The molecule has 0 aliphatic heterocycles. The van der Waals surface area contributed by atoms with Crippen molar-refractivity contribution in [2.75, 3.05) is 6.61 Å². The van der Waals surface area contributed by atoms with Gasteiger partial charge in [-0.05, 0) is 32.6 Å². The predicted molar refractivity (Wildman–Crippen MR) is 67.9 cm³/mol. The van der Waals surface area contributed by atoms with Gasteiger partial charge in [0.15, 0.2) is 0 Å². The van der Waals surface area contributed by atoms with Gasteiger partial charge in [0.1, 0.15) is 0 Å². The molecule has 86 valence electrons. The molecule has 0 aliphatic rings. The molecule has 1 N–H and O–H groups in total. The van der Waals surface area contributed by atoms with E-state index in [0.29, 0.717) is 0 Å². The third-order valence-electron chi connectivity index (χ3n) is 2.15. The van der Waals surface area contributed by atoms with E-state index in [0.717, 1.165) is 19.3 Å². The van der Waals surface area contributed by atoms with Crippen molar-refractivity contribution in [3.05, 3.63) is 36.0 Å². The van der Waals surface area contributed by atoms with Crippen LogP contribution in [0.25, 0.3) is 0 Å². The minimum absolute atomic E-state index is 0.240. The Balaban J connectivity index is 4.10. The first-order valence-corrected chi connectivity index (χ1v) is 5.81. The molecule has 1 heteroatoms. The van der Waals surface area contributed by atoms with Crippen LogP contribution in [0.1, 0.15) is 46.0 Å². The van der Waals surface area contributed by atoms with Gasteiger partial charge in [0.25, 0.3) is 0 Å². The molecule has 0 aromatic rings. The second-order valence-corrected chi connectivity index (χ2v) is 3.96. The molecule has 1 nitrogen and oxygen atoms in total. The van der Waals surface area contributed by atoms with Crippen LogP contribution in [0.4, 0.5) is 0 Å². The van der Waals surface area contributed by atoms with E-state index >= 15 is 0 Å². The largest absolute Gasteiger partial charge is 0.396 e. The minimum Gasteiger partial charge on any atom is -0.396 e. The lowest BCUT2D eigenvalue weighted by atomic mass is 10.1. The van der Waals surface area contributed by atoms with E-state index in [1.54, 1.807) is 0 Å². The molecule has 0 heterocycles. The molecule has 0 amide bonds. The number of hydrogen-bond acceptors (Lipinski definition) is 1. The molecule has 0 spiro atoms. The highest BCUT2D eigenvalue weighted by Gasteiger charge is 1.92. The van der Waals surface area contributed by atoms with Crippen LogP contribution in [0.5, 0.6) is 0 Å². The fourth-order valence-electron chi connectivity index (χ4n) is 1.30. The molecule has 0 bridgehead atoms. The molecule has 0 aromatic carbocycles. The zero-order chi connectivity index (χ0) is 11.5. The smallest absolute Gasteiger partial charge is 0.0465 e. The Kier molecular flexibility index (Phi) is 9.19. The van der Waals surface area contributed by atoms with E-state index in [4.69, 9.17) is 5.11 Å². The van der Waals surface area contributed by atoms with E-state index in [1.807, 2.05) is 6.92 Å². The van der Waals surface area contributed by atoms with Gasteiger partial charge >= 0.3 is 0 Å². The average molecular weight is 208 g/mol. The first kappa shape index (κ1) is 14.2. The molecule has 0 saturated carbocycles. The molecular weight excluding hydrogens is 184 g/mol. The maximum Gasteiger partial charge on any atom is 0.0465 e. The second kappa shape index (κ2) is 9.72. The first-order valence-electron chi connectivity index (χ1n) is 5.81. The zero-order valence-electron chi connectivity index (χ0n) is 10.1. The monoisotopic (exact) mass is 208 g/mol. The summed E-state index contributed by atoms with van der Waals surface area (Å²) < 4.78 is 0. The highest BCUT2D eigenvalue weighted by atomic mass is 16.2. The highest BCUT2D eigenvalue weighted by molar-refractivity contribution is 5.19. The normalized spacial score (nSPS) is 12.3. The number of aliphatic hydroxyl groups is 1. The van der Waals surface area contributed by atoms with Crippen molar-refractivity contribution < 1.29 is 5.11 Å². The van der Waals surface area contributed by atoms with Gasteiger partial charge < -0.3 is 5.11 Å². The Hall–Kier alpha value is -0.820. The van der Waals surface area contributed by atoms with Crippen LogP contribution < -0.4 is 0 Å². The molecular formula is C14H24O. The Labute approximate surface area is 94.2 Å². The molecule has 15 heavy (non-hydrogen) atoms. The van der Waals surface area contributed by atoms with Crippen molar-refractivity contribution in [3.8, 4) is 0 Å². The molecule has 0 aliphatic carbocycles. The maximum absolute atomic E-state index is 8.77. The van der Waals surface area contributed by atoms with Crippen LogP contribution in [0, 0.1) is 0 Å². The number of aliphatic hydroxyl groups excluding tert-OH is 1. The fourth-order valence-corrected chi connectivity index (χ4v) is 1.30. The first-order chi connectivity index (χ1) is 7.20. The lowest BCUT2D eigenvalue weighted by Gasteiger charge is -2.01. The Bertz CT molecular complexity index is 223. The SMILES string of the molecule is C=C(C)C/C=C/C(=C/CCO)CCCC. The Morgan fingerprint density at radius 2 is 2.13 bits per heavy atom. The molecule has 0 radical (unpaired) electrons. The second-order valence-electron chi connectivity index (χ2n) is 3.96. The fraction of sp³-hybridized carbons (Fsp3) is 0.571. The van der Waals surface area contributed by atoms with E-state index in [2.05, 4.69) is 31.7 Å². The van der Waals surface area contributed by atoms with Gasteiger partial charge in [-0.2, -0.15) is 0 Å². The van der Waals surface area contributed by atoms with E-state index < -0.39 is 0 Å². The number of allylic oxidation sites excluding steroid dienone is 4. The van der Waals surface area contributed by atoms with E-state index in [9.17, 15) is 0 Å². The van der Waals surface area contributed by atoms with Crippen molar-refractivity contribution >= 4 is 0 Å². The number of rotatable bonds is 8. The zero-order valence-corrected chi connectivity index (χ0v) is 10.1. The summed E-state index contributed by atoms with van der Waals surface area (Å²) in [5, 5.41) is 8.77. The summed E-state index contributed by atoms with van der Waals surface area (Å²) in [5.41, 5.74) is 2.52. The van der Waals surface area contributed by atoms with Crippen LogP contribution in [-0.4, -0.2) is 11.7 Å². The van der Waals surface area contributed by atoms with Gasteiger partial charge in [0.05, 0.1) is 0 Å². The standard InChI is InChI=1S/C14H24O/c1-4-5-9-14(11-7-12-15)10-6-8-13(2)3/h6,10-11,15H,2,4-5,7-9,12H2,1,3H3/b10-6+,14-11+. The van der Waals surface area contributed by atoms with Crippen LogP contribution in [0.3, 0.4) is 0 Å². The van der Waals surface area contributed by atoms with Crippen molar-refractivity contribution in [1.29, 1.82) is 0 Å². The van der Waals surface area contributed by atoms with E-state index in [1.165, 1.54) is 24.0 Å². The Morgan fingerprint density at radius 3 is 2.67 bits per heavy atom. The summed E-state index contributed by atoms with van der Waals surface area (Å²) in [5.74, 6) is 0. The summed E-state index contributed by atoms with van der Waals surface area (Å²) in [4.78, 5) is 0. The topological polar surface area (TPSA) is 20.2 Å². The van der Waals surface area contributed by atoms with Crippen LogP contribution in [-0.2, 0) is 0 Å². The molecule has 0 fully saturated rings. The number of hydrogen-bond donors (Lipinski definition) is 1. The number of unbranched alkanes of at least 4 members (excludes halogenated alkanes) is 1. The van der Waals surface area contributed by atoms with Gasteiger partial charge in [-0.25, -0.2) is 0 Å². The minimum atomic E-state index is 0.240. The van der Waals surface area contributed by atoms with Gasteiger partial charge in [0, 0.05) is 6.61 Å². The molecule has 0 aromatic heterocycles. The molecule has 0 rings (SSSR count). The van der Waals surface area contributed by atoms with Crippen LogP contribution in [0.2, 0.25) is 0 Å². The van der Waals surface area contributed by atoms with Crippen molar-refractivity contribution in [3.63, 3.8) is 0 Å². The summed E-state index contributed by atoms with van der Waals surface area (Å²) in [6, 6.07) is 0. The lowest BCUT2D eigenvalue weighted by molar-refractivity contribution is 0.302. The maximum atomic E-state index is 8.77. The highest BCUT2D eigenvalue weighted by Crippen LogP contribution is 2.11. The molecule has 0 unspecified atom stereocenters. The quantitative estimate of drug-likeness (QED) is 0.472. The summed E-state index contributed by atoms with van der Waals surface area (Å²) in [6.45, 7) is 8.34.